The van der Waals surface area contributed by atoms with Crippen LogP contribution in [-0.2, 0) is 11.3 Å². The lowest BCUT2D eigenvalue weighted by atomic mass is 10.00. The maximum absolute atomic E-state index is 10.9. The molecule has 1 saturated heterocycles. The molecule has 1 aliphatic heterocycles. The number of carbonyl (C=O) groups is 1. The lowest BCUT2D eigenvalue weighted by molar-refractivity contribution is -0.139. The highest BCUT2D eigenvalue weighted by Gasteiger charge is 2.25. The average molecular weight is 304 g/mol. The molecule has 1 aromatic carbocycles. The second-order valence-corrected chi connectivity index (χ2v) is 6.32. The second-order valence-electron chi connectivity index (χ2n) is 6.32. The third-order valence-corrected chi connectivity index (χ3v) is 4.93. The number of hydrogen-bond acceptors (Lipinski definition) is 3. The van der Waals surface area contributed by atoms with Gasteiger partial charge in [-0.15, -0.1) is 0 Å². The Hall–Kier alpha value is -1.39. The van der Waals surface area contributed by atoms with Crippen molar-refractivity contribution in [3.05, 3.63) is 34.9 Å². The van der Waals surface area contributed by atoms with Gasteiger partial charge in [-0.25, -0.2) is 0 Å². The topological polar surface area (TPSA) is 43.8 Å². The van der Waals surface area contributed by atoms with Crippen LogP contribution >= 0.6 is 0 Å². The molecule has 0 aliphatic carbocycles. The molecule has 0 atom stereocenters. The zero-order valence-corrected chi connectivity index (χ0v) is 14.0. The summed E-state index contributed by atoms with van der Waals surface area (Å²) in [6.07, 6.45) is 2.12. The van der Waals surface area contributed by atoms with E-state index in [2.05, 4.69) is 41.8 Å². The molecule has 0 amide bonds. The zero-order valence-electron chi connectivity index (χ0n) is 14.0. The number of carboxylic acid groups (broad SMARTS) is 1. The number of nitrogens with zero attached hydrogens (tertiary/aromatic N) is 2. The summed E-state index contributed by atoms with van der Waals surface area (Å²) in [5.41, 5.74) is 4.16. The highest BCUT2D eigenvalue weighted by atomic mass is 16.4. The largest absolute Gasteiger partial charge is 0.480 e. The molecule has 1 heterocycles. The molecule has 0 saturated carbocycles. The molecule has 22 heavy (non-hydrogen) atoms. The quantitative estimate of drug-likeness (QED) is 0.877. The van der Waals surface area contributed by atoms with Crippen molar-refractivity contribution in [2.24, 2.45) is 0 Å². The zero-order chi connectivity index (χ0) is 16.1. The van der Waals surface area contributed by atoms with Gasteiger partial charge < -0.3 is 5.11 Å². The number of piperidine rings is 1. The van der Waals surface area contributed by atoms with E-state index in [1.165, 1.54) is 16.7 Å². The van der Waals surface area contributed by atoms with Gasteiger partial charge in [0.2, 0.25) is 0 Å². The predicted octanol–water partition coefficient (Wildman–Crippen LogP) is 2.67. The number of carboxylic acids is 1. The Morgan fingerprint density at radius 3 is 2.59 bits per heavy atom. The Morgan fingerprint density at radius 2 is 2.00 bits per heavy atom. The van der Waals surface area contributed by atoms with E-state index in [0.717, 1.165) is 39.0 Å². The highest BCUT2D eigenvalue weighted by molar-refractivity contribution is 5.69. The maximum atomic E-state index is 10.9. The third-order valence-electron chi connectivity index (χ3n) is 4.93. The standard InChI is InChI=1S/C18H28N2O2/c1-4-20(13-18(21)22)17-8-10-19(11-9-17)12-16-7-5-6-14(2)15(16)3/h5-7,17H,4,8-13H2,1-3H3,(H,21,22). The van der Waals surface area contributed by atoms with Crippen molar-refractivity contribution >= 4 is 5.97 Å². The van der Waals surface area contributed by atoms with Crippen LogP contribution in [0.3, 0.4) is 0 Å². The SMILES string of the molecule is CCN(CC(=O)O)C1CCN(Cc2cccc(C)c2C)CC1. The number of hydrogen-bond donors (Lipinski definition) is 1. The number of likely N-dealkylation sites (N-methyl/N-ethyl adjacent to an activating group) is 1. The molecule has 0 aromatic heterocycles. The summed E-state index contributed by atoms with van der Waals surface area (Å²) >= 11 is 0. The summed E-state index contributed by atoms with van der Waals surface area (Å²) in [6, 6.07) is 6.93. The number of aryl methyl sites for hydroxylation is 1. The van der Waals surface area contributed by atoms with E-state index in [0.29, 0.717) is 6.04 Å². The Bertz CT molecular complexity index is 508. The third kappa shape index (κ3) is 4.31. The van der Waals surface area contributed by atoms with Gasteiger partial charge >= 0.3 is 5.97 Å². The molecule has 1 aromatic rings. The summed E-state index contributed by atoms with van der Waals surface area (Å²) in [6.45, 7) is 10.5. The van der Waals surface area contributed by atoms with Gasteiger partial charge in [0.15, 0.2) is 0 Å². The summed E-state index contributed by atoms with van der Waals surface area (Å²) < 4.78 is 0. The molecule has 2 rings (SSSR count). The van der Waals surface area contributed by atoms with Crippen molar-refractivity contribution in [1.29, 1.82) is 0 Å². The lowest BCUT2D eigenvalue weighted by Gasteiger charge is -2.37. The van der Waals surface area contributed by atoms with Crippen molar-refractivity contribution in [3.63, 3.8) is 0 Å². The van der Waals surface area contributed by atoms with Crippen molar-refractivity contribution < 1.29 is 9.90 Å². The highest BCUT2D eigenvalue weighted by Crippen LogP contribution is 2.20. The van der Waals surface area contributed by atoms with Crippen LogP contribution in [-0.4, -0.2) is 53.1 Å². The molecular formula is C18H28N2O2. The van der Waals surface area contributed by atoms with E-state index < -0.39 is 5.97 Å². The summed E-state index contributed by atoms with van der Waals surface area (Å²) in [4.78, 5) is 15.5. The number of rotatable bonds is 6. The number of benzene rings is 1. The number of likely N-dealkylation sites (tertiary alicyclic amines) is 1. The molecule has 0 spiro atoms. The first-order valence-corrected chi connectivity index (χ1v) is 8.24. The van der Waals surface area contributed by atoms with Gasteiger partial charge in [-0.1, -0.05) is 25.1 Å². The van der Waals surface area contributed by atoms with Crippen LogP contribution in [0.25, 0.3) is 0 Å². The van der Waals surface area contributed by atoms with Gasteiger partial charge in [0, 0.05) is 12.6 Å². The van der Waals surface area contributed by atoms with E-state index in [4.69, 9.17) is 5.11 Å². The molecule has 0 unspecified atom stereocenters. The minimum Gasteiger partial charge on any atom is -0.480 e. The fourth-order valence-electron chi connectivity index (χ4n) is 3.34. The van der Waals surface area contributed by atoms with E-state index in [9.17, 15) is 4.79 Å². The molecule has 1 fully saturated rings. The van der Waals surface area contributed by atoms with E-state index in [1.54, 1.807) is 0 Å². The van der Waals surface area contributed by atoms with Crippen LogP contribution < -0.4 is 0 Å². The first-order valence-electron chi connectivity index (χ1n) is 8.24. The predicted molar refractivity (Wildman–Crippen MR) is 89.1 cm³/mol. The minimum absolute atomic E-state index is 0.165. The molecule has 4 nitrogen and oxygen atoms in total. The Labute approximate surface area is 133 Å². The van der Waals surface area contributed by atoms with Crippen LogP contribution in [0.15, 0.2) is 18.2 Å². The summed E-state index contributed by atoms with van der Waals surface area (Å²) in [5, 5.41) is 9.00. The molecular weight excluding hydrogens is 276 g/mol. The van der Waals surface area contributed by atoms with Crippen LogP contribution in [0.1, 0.15) is 36.5 Å². The Kier molecular flexibility index (Phi) is 5.98. The molecule has 122 valence electrons. The summed E-state index contributed by atoms with van der Waals surface area (Å²) in [7, 11) is 0. The van der Waals surface area contributed by atoms with Crippen molar-refractivity contribution in [1.82, 2.24) is 9.80 Å². The molecule has 0 radical (unpaired) electrons. The fourth-order valence-corrected chi connectivity index (χ4v) is 3.34. The van der Waals surface area contributed by atoms with Crippen LogP contribution in [0.2, 0.25) is 0 Å². The van der Waals surface area contributed by atoms with Gasteiger partial charge in [-0.05, 0) is 63.0 Å². The van der Waals surface area contributed by atoms with Crippen molar-refractivity contribution in [2.75, 3.05) is 26.2 Å². The number of aliphatic carboxylic acids is 1. The van der Waals surface area contributed by atoms with Crippen LogP contribution in [0.5, 0.6) is 0 Å². The lowest BCUT2D eigenvalue weighted by Crippen LogP contribution is -2.46. The van der Waals surface area contributed by atoms with Crippen LogP contribution in [0, 0.1) is 13.8 Å². The van der Waals surface area contributed by atoms with Crippen LogP contribution in [0.4, 0.5) is 0 Å². The van der Waals surface area contributed by atoms with Gasteiger partial charge in [0.05, 0.1) is 6.54 Å². The Balaban J connectivity index is 1.89. The first kappa shape index (κ1) is 17.0. The van der Waals surface area contributed by atoms with Crippen molar-refractivity contribution in [2.45, 2.75) is 46.2 Å². The fraction of sp³-hybridized carbons (Fsp3) is 0.611. The van der Waals surface area contributed by atoms with Crippen molar-refractivity contribution in [3.8, 4) is 0 Å². The van der Waals surface area contributed by atoms with E-state index in [-0.39, 0.29) is 6.54 Å². The van der Waals surface area contributed by atoms with E-state index in [1.807, 2.05) is 6.92 Å². The van der Waals surface area contributed by atoms with Gasteiger partial charge in [-0.2, -0.15) is 0 Å². The molecule has 1 N–H and O–H groups in total. The molecule has 1 aliphatic rings. The Morgan fingerprint density at radius 1 is 1.32 bits per heavy atom. The van der Waals surface area contributed by atoms with Gasteiger partial charge in [0.1, 0.15) is 0 Å². The van der Waals surface area contributed by atoms with Gasteiger partial charge in [0.25, 0.3) is 0 Å². The smallest absolute Gasteiger partial charge is 0.317 e. The van der Waals surface area contributed by atoms with Gasteiger partial charge in [-0.3, -0.25) is 14.6 Å². The molecule has 4 heteroatoms. The van der Waals surface area contributed by atoms with E-state index >= 15 is 0 Å². The average Bonchev–Trinajstić information content (AvgIpc) is 2.50. The normalized spacial score (nSPS) is 17.1. The maximum Gasteiger partial charge on any atom is 0.317 e. The minimum atomic E-state index is -0.723. The molecule has 0 bridgehead atoms. The second kappa shape index (κ2) is 7.75. The first-order chi connectivity index (χ1) is 10.5. The monoisotopic (exact) mass is 304 g/mol. The summed E-state index contributed by atoms with van der Waals surface area (Å²) in [5.74, 6) is -0.723.